The van der Waals surface area contributed by atoms with Crippen molar-refractivity contribution < 1.29 is 4.79 Å². The molecule has 0 aliphatic carbocycles. The van der Waals surface area contributed by atoms with Gasteiger partial charge in [0, 0.05) is 13.1 Å². The zero-order chi connectivity index (χ0) is 12.3. The molecular formula is C12H14N4O. The molecule has 5 nitrogen and oxygen atoms in total. The van der Waals surface area contributed by atoms with Gasteiger partial charge in [-0.15, -0.1) is 0 Å². The number of fused-ring (bicyclic) bond motifs is 1. The van der Waals surface area contributed by atoms with Crippen LogP contribution in [0.1, 0.15) is 12.0 Å². The Kier molecular flexibility index (Phi) is 3.26. The molecule has 1 aliphatic rings. The number of hydrogen-bond donors (Lipinski definition) is 2. The van der Waals surface area contributed by atoms with E-state index in [1.54, 1.807) is 23.1 Å². The first kappa shape index (κ1) is 11.4. The fraction of sp³-hybridized carbons (Fsp3) is 0.333. The second-order valence-corrected chi connectivity index (χ2v) is 3.87. The maximum atomic E-state index is 11.7. The lowest BCUT2D eigenvalue weighted by atomic mass is 10.1. The minimum Gasteiger partial charge on any atom is -0.383 e. The summed E-state index contributed by atoms with van der Waals surface area (Å²) < 4.78 is 0. The molecule has 88 valence electrons. The van der Waals surface area contributed by atoms with Crippen molar-refractivity contribution in [1.82, 2.24) is 0 Å². The second-order valence-electron chi connectivity index (χ2n) is 3.87. The van der Waals surface area contributed by atoms with E-state index >= 15 is 0 Å². The molecule has 5 heteroatoms. The van der Waals surface area contributed by atoms with Crippen molar-refractivity contribution in [3.63, 3.8) is 0 Å². The number of nitrogens with one attached hydrogen (secondary N) is 1. The molecule has 17 heavy (non-hydrogen) atoms. The van der Waals surface area contributed by atoms with Gasteiger partial charge < -0.3 is 16.0 Å². The standard InChI is InChI=1S/C12H14N4O/c13-7-9-2-3-11-10(6-9)15-4-1-5-16(11)12(17)8-14/h2-3,6,15H,1,4-5,8,14H2. The first-order valence-electron chi connectivity index (χ1n) is 5.54. The lowest BCUT2D eigenvalue weighted by Gasteiger charge is -2.21. The highest BCUT2D eigenvalue weighted by Crippen LogP contribution is 2.29. The summed E-state index contributed by atoms with van der Waals surface area (Å²) in [6, 6.07) is 7.35. The van der Waals surface area contributed by atoms with Crippen LogP contribution >= 0.6 is 0 Å². The summed E-state index contributed by atoms with van der Waals surface area (Å²) in [6.07, 6.45) is 0.863. The molecule has 0 saturated carbocycles. The van der Waals surface area contributed by atoms with Gasteiger partial charge in [0.25, 0.3) is 0 Å². The summed E-state index contributed by atoms with van der Waals surface area (Å²) >= 11 is 0. The zero-order valence-corrected chi connectivity index (χ0v) is 9.44. The number of anilines is 2. The molecule has 0 fully saturated rings. The number of carbonyl (C=O) groups excluding carboxylic acids is 1. The average Bonchev–Trinajstić information content (AvgIpc) is 2.59. The molecule has 0 atom stereocenters. The van der Waals surface area contributed by atoms with Crippen LogP contribution in [-0.4, -0.2) is 25.5 Å². The van der Waals surface area contributed by atoms with Crippen molar-refractivity contribution in [1.29, 1.82) is 5.26 Å². The van der Waals surface area contributed by atoms with Gasteiger partial charge in [0.1, 0.15) is 0 Å². The number of rotatable bonds is 1. The number of nitriles is 1. The summed E-state index contributed by atoms with van der Waals surface area (Å²) in [5, 5.41) is 12.1. The van der Waals surface area contributed by atoms with Crippen molar-refractivity contribution in [2.45, 2.75) is 6.42 Å². The van der Waals surface area contributed by atoms with Gasteiger partial charge in [-0.2, -0.15) is 5.26 Å². The molecule has 0 bridgehead atoms. The van der Waals surface area contributed by atoms with Crippen LogP contribution in [0, 0.1) is 11.3 Å². The van der Waals surface area contributed by atoms with Gasteiger partial charge in [0.05, 0.1) is 29.6 Å². The van der Waals surface area contributed by atoms with Gasteiger partial charge >= 0.3 is 0 Å². The van der Waals surface area contributed by atoms with Crippen molar-refractivity contribution >= 4 is 17.3 Å². The van der Waals surface area contributed by atoms with Crippen LogP contribution in [0.15, 0.2) is 18.2 Å². The second kappa shape index (κ2) is 4.85. The molecule has 0 spiro atoms. The normalized spacial score (nSPS) is 14.2. The minimum atomic E-state index is -0.0975. The Morgan fingerprint density at radius 3 is 3.12 bits per heavy atom. The molecule has 0 saturated heterocycles. The molecule has 1 aliphatic heterocycles. The first-order chi connectivity index (χ1) is 8.26. The third-order valence-corrected chi connectivity index (χ3v) is 2.77. The van der Waals surface area contributed by atoms with Gasteiger partial charge in [-0.3, -0.25) is 4.79 Å². The molecule has 3 N–H and O–H groups in total. The molecule has 1 aromatic carbocycles. The Hall–Kier alpha value is -2.06. The summed E-state index contributed by atoms with van der Waals surface area (Å²) in [7, 11) is 0. The molecule has 0 radical (unpaired) electrons. The Bertz CT molecular complexity index is 478. The predicted molar refractivity (Wildman–Crippen MR) is 65.7 cm³/mol. The summed E-state index contributed by atoms with van der Waals surface area (Å²) in [5.41, 5.74) is 7.61. The number of amides is 1. The quantitative estimate of drug-likeness (QED) is 0.742. The molecule has 0 unspecified atom stereocenters. The van der Waals surface area contributed by atoms with Crippen LogP contribution in [-0.2, 0) is 4.79 Å². The molecule has 0 aromatic heterocycles. The highest BCUT2D eigenvalue weighted by Gasteiger charge is 2.19. The largest absolute Gasteiger partial charge is 0.383 e. The molecular weight excluding hydrogens is 216 g/mol. The predicted octanol–water partition coefficient (Wildman–Crippen LogP) is 0.666. The van der Waals surface area contributed by atoms with Gasteiger partial charge in [0.2, 0.25) is 5.91 Å². The van der Waals surface area contributed by atoms with Gasteiger partial charge in [-0.05, 0) is 24.6 Å². The van der Waals surface area contributed by atoms with Gasteiger partial charge in [-0.1, -0.05) is 0 Å². The van der Waals surface area contributed by atoms with Gasteiger partial charge in [0.15, 0.2) is 0 Å². The Balaban J connectivity index is 2.43. The van der Waals surface area contributed by atoms with Crippen LogP contribution in [0.4, 0.5) is 11.4 Å². The van der Waals surface area contributed by atoms with Crippen molar-refractivity contribution in [2.75, 3.05) is 29.9 Å². The lowest BCUT2D eigenvalue weighted by molar-refractivity contribution is -0.117. The Labute approximate surface area is 99.8 Å². The highest BCUT2D eigenvalue weighted by molar-refractivity contribution is 5.98. The third-order valence-electron chi connectivity index (χ3n) is 2.77. The van der Waals surface area contributed by atoms with E-state index < -0.39 is 0 Å². The number of carbonyl (C=O) groups is 1. The lowest BCUT2D eigenvalue weighted by Crippen LogP contribution is -2.36. The number of nitrogens with two attached hydrogens (primary N) is 1. The van der Waals surface area contributed by atoms with E-state index in [-0.39, 0.29) is 12.5 Å². The SMILES string of the molecule is N#Cc1ccc2c(c1)NCCCN2C(=O)CN. The first-order valence-corrected chi connectivity index (χ1v) is 5.54. The van der Waals surface area contributed by atoms with Crippen molar-refractivity contribution in [3.05, 3.63) is 23.8 Å². The van der Waals surface area contributed by atoms with Crippen LogP contribution in [0.3, 0.4) is 0 Å². The number of nitrogens with zero attached hydrogens (tertiary/aromatic N) is 2. The van der Waals surface area contributed by atoms with E-state index in [1.165, 1.54) is 0 Å². The maximum absolute atomic E-state index is 11.7. The molecule has 1 aromatic rings. The summed E-state index contributed by atoms with van der Waals surface area (Å²) in [5.74, 6) is -0.0975. The zero-order valence-electron chi connectivity index (χ0n) is 9.44. The van der Waals surface area contributed by atoms with E-state index in [0.717, 1.165) is 24.3 Å². The van der Waals surface area contributed by atoms with E-state index in [2.05, 4.69) is 11.4 Å². The Morgan fingerprint density at radius 1 is 1.59 bits per heavy atom. The van der Waals surface area contributed by atoms with Crippen molar-refractivity contribution in [2.24, 2.45) is 5.73 Å². The number of benzene rings is 1. The maximum Gasteiger partial charge on any atom is 0.240 e. The molecule has 2 rings (SSSR count). The highest BCUT2D eigenvalue weighted by atomic mass is 16.2. The Morgan fingerprint density at radius 2 is 2.41 bits per heavy atom. The topological polar surface area (TPSA) is 82.2 Å². The molecule has 1 amide bonds. The summed E-state index contributed by atoms with van der Waals surface area (Å²) in [4.78, 5) is 13.4. The third kappa shape index (κ3) is 2.22. The molecule has 1 heterocycles. The monoisotopic (exact) mass is 230 g/mol. The van der Waals surface area contributed by atoms with Crippen molar-refractivity contribution in [3.8, 4) is 6.07 Å². The van der Waals surface area contributed by atoms with Crippen LogP contribution in [0.2, 0.25) is 0 Å². The minimum absolute atomic E-state index is 0.000554. The van der Waals surface area contributed by atoms with E-state index in [1.807, 2.05) is 0 Å². The van der Waals surface area contributed by atoms with Crippen LogP contribution in [0.25, 0.3) is 0 Å². The van der Waals surface area contributed by atoms with Crippen LogP contribution < -0.4 is 16.0 Å². The fourth-order valence-electron chi connectivity index (χ4n) is 1.93. The van der Waals surface area contributed by atoms with E-state index in [0.29, 0.717) is 12.1 Å². The average molecular weight is 230 g/mol. The van der Waals surface area contributed by atoms with Crippen LogP contribution in [0.5, 0.6) is 0 Å². The van der Waals surface area contributed by atoms with E-state index in [4.69, 9.17) is 11.0 Å². The smallest absolute Gasteiger partial charge is 0.240 e. The van der Waals surface area contributed by atoms with E-state index in [9.17, 15) is 4.79 Å². The number of hydrogen-bond acceptors (Lipinski definition) is 4. The fourth-order valence-corrected chi connectivity index (χ4v) is 1.93. The van der Waals surface area contributed by atoms with Gasteiger partial charge in [-0.25, -0.2) is 0 Å². The summed E-state index contributed by atoms with van der Waals surface area (Å²) in [6.45, 7) is 1.44.